The third-order valence-corrected chi connectivity index (χ3v) is 4.72. The smallest absolute Gasteiger partial charge is 0.204 e. The highest BCUT2D eigenvalue weighted by molar-refractivity contribution is 8.87. The van der Waals surface area contributed by atoms with Gasteiger partial charge in [0.05, 0.1) is 0 Å². The Morgan fingerprint density at radius 3 is 1.35 bits per heavy atom. The van der Waals surface area contributed by atoms with Crippen molar-refractivity contribution in [1.82, 2.24) is 0 Å². The maximum Gasteiger partial charge on any atom is 0.204 e. The number of hydrogen-bond acceptors (Lipinski definition) is 4. The Balaban J connectivity index is 1.75. The fourth-order valence-electron chi connectivity index (χ4n) is 1.68. The van der Waals surface area contributed by atoms with Crippen LogP contribution in [0.4, 0.5) is 0 Å². The molecule has 2 rings (SSSR count). The number of benzene rings is 2. The van der Waals surface area contributed by atoms with Gasteiger partial charge in [0.15, 0.2) is 0 Å². The summed E-state index contributed by atoms with van der Waals surface area (Å²) in [6, 6.07) is 19.1. The van der Waals surface area contributed by atoms with Crippen LogP contribution in [0, 0.1) is 0 Å². The van der Waals surface area contributed by atoms with E-state index in [-0.39, 0.29) is 10.2 Å². The first kappa shape index (κ1) is 14.9. The van der Waals surface area contributed by atoms with Gasteiger partial charge in [-0.3, -0.25) is 9.59 Å². The van der Waals surface area contributed by atoms with E-state index in [1.54, 1.807) is 0 Å². The molecule has 0 unspecified atom stereocenters. The van der Waals surface area contributed by atoms with Crippen molar-refractivity contribution in [1.29, 1.82) is 0 Å². The molecule has 0 bridgehead atoms. The molecule has 0 aliphatic rings. The molecule has 0 aliphatic carbocycles. The van der Waals surface area contributed by atoms with Crippen LogP contribution in [0.25, 0.3) is 0 Å². The highest BCUT2D eigenvalue weighted by atomic mass is 35.0. The van der Waals surface area contributed by atoms with Crippen LogP contribution in [0.3, 0.4) is 0 Å². The van der Waals surface area contributed by atoms with Crippen LogP contribution >= 0.6 is 21.6 Å². The summed E-state index contributed by atoms with van der Waals surface area (Å²) in [5.74, 6) is 0. The van der Waals surface area contributed by atoms with Gasteiger partial charge in [0.1, 0.15) is 0 Å². The number of carbonyl (C=O) groups excluding carboxylic acids is 2. The SMILES string of the molecule is O=C(Cc1ccccc1)[34S][34S]C(=O)Cc1ccccc1. The molecule has 0 aromatic heterocycles. The molecule has 20 heavy (non-hydrogen) atoms. The van der Waals surface area contributed by atoms with Crippen LogP contribution in [0.15, 0.2) is 60.7 Å². The Bertz CT molecular complexity index is 514. The lowest BCUT2D eigenvalue weighted by atomic mass is 10.2. The summed E-state index contributed by atoms with van der Waals surface area (Å²) in [7, 11) is 2.05. The van der Waals surface area contributed by atoms with Crippen molar-refractivity contribution in [3.05, 3.63) is 71.8 Å². The average molecular weight is 306 g/mol. The highest BCUT2D eigenvalue weighted by Gasteiger charge is 2.10. The zero-order chi connectivity index (χ0) is 14.2. The van der Waals surface area contributed by atoms with Crippen LogP contribution < -0.4 is 0 Å². The highest BCUT2D eigenvalue weighted by Crippen LogP contribution is 2.26. The quantitative estimate of drug-likeness (QED) is 0.633. The molecule has 102 valence electrons. The molecular weight excluding hydrogens is 292 g/mol. The topological polar surface area (TPSA) is 34.1 Å². The van der Waals surface area contributed by atoms with Crippen molar-refractivity contribution in [3.63, 3.8) is 0 Å². The monoisotopic (exact) mass is 306 g/mol. The van der Waals surface area contributed by atoms with Gasteiger partial charge in [-0.15, -0.1) is 0 Å². The first-order valence-corrected chi connectivity index (χ1v) is 8.37. The molecule has 0 atom stereocenters. The molecule has 0 amide bonds. The molecule has 2 aromatic rings. The summed E-state index contributed by atoms with van der Waals surface area (Å²) >= 11 is 0. The average Bonchev–Trinajstić information content (AvgIpc) is 2.47. The molecule has 2 nitrogen and oxygen atoms in total. The third kappa shape index (κ3) is 5.23. The van der Waals surface area contributed by atoms with E-state index in [0.29, 0.717) is 12.8 Å². The molecule has 0 N–H and O–H groups in total. The molecule has 0 fully saturated rings. The third-order valence-electron chi connectivity index (χ3n) is 2.61. The van der Waals surface area contributed by atoms with Crippen molar-refractivity contribution < 1.29 is 9.59 Å². The molecule has 0 saturated carbocycles. The van der Waals surface area contributed by atoms with E-state index in [1.807, 2.05) is 60.7 Å². The van der Waals surface area contributed by atoms with E-state index in [2.05, 4.69) is 0 Å². The summed E-state index contributed by atoms with van der Waals surface area (Å²) in [5.41, 5.74) is 1.95. The van der Waals surface area contributed by atoms with E-state index in [0.717, 1.165) is 32.7 Å². The second-order valence-electron chi connectivity index (χ2n) is 4.24. The summed E-state index contributed by atoms with van der Waals surface area (Å²) in [6.45, 7) is 0. The molecular formula is C16H14O2S2. The first-order valence-electron chi connectivity index (χ1n) is 6.22. The molecule has 0 spiro atoms. The molecule has 0 aliphatic heterocycles. The largest absolute Gasteiger partial charge is 0.286 e. The maximum atomic E-state index is 11.8. The zero-order valence-corrected chi connectivity index (χ0v) is 12.5. The number of carbonyl (C=O) groups is 2. The molecule has 4 heteroatoms. The van der Waals surface area contributed by atoms with Crippen LogP contribution in [0.5, 0.6) is 0 Å². The van der Waals surface area contributed by atoms with Crippen LogP contribution in [0.2, 0.25) is 0 Å². The van der Waals surface area contributed by atoms with Crippen molar-refractivity contribution in [2.24, 2.45) is 0 Å². The minimum atomic E-state index is 0.00242. The second kappa shape index (κ2) is 7.92. The first-order chi connectivity index (χ1) is 9.74. The Labute approximate surface area is 126 Å². The molecule has 0 radical (unpaired) electrons. The summed E-state index contributed by atoms with van der Waals surface area (Å²) in [6.07, 6.45) is 0.717. The van der Waals surface area contributed by atoms with E-state index in [1.165, 1.54) is 0 Å². The minimum absolute atomic E-state index is 0.00242. The van der Waals surface area contributed by atoms with E-state index < -0.39 is 0 Å². The van der Waals surface area contributed by atoms with Crippen molar-refractivity contribution in [3.8, 4) is 0 Å². The fraction of sp³-hybridized carbons (Fsp3) is 0.125. The molecule has 0 saturated heterocycles. The van der Waals surface area contributed by atoms with Gasteiger partial charge in [0.2, 0.25) is 10.2 Å². The van der Waals surface area contributed by atoms with Gasteiger partial charge in [-0.25, -0.2) is 0 Å². The Morgan fingerprint density at radius 1 is 0.650 bits per heavy atom. The Morgan fingerprint density at radius 2 is 1.00 bits per heavy atom. The van der Waals surface area contributed by atoms with E-state index in [4.69, 9.17) is 0 Å². The Kier molecular flexibility index (Phi) is 5.89. The maximum absolute atomic E-state index is 11.8. The van der Waals surface area contributed by atoms with Gasteiger partial charge < -0.3 is 0 Å². The minimum Gasteiger partial charge on any atom is -0.286 e. The van der Waals surface area contributed by atoms with Gasteiger partial charge in [0, 0.05) is 12.8 Å². The van der Waals surface area contributed by atoms with Crippen LogP contribution in [-0.2, 0) is 22.4 Å². The zero-order valence-electron chi connectivity index (χ0n) is 10.8. The number of hydrogen-bond donors (Lipinski definition) is 0. The van der Waals surface area contributed by atoms with Crippen LogP contribution in [-0.4, -0.2) is 10.2 Å². The lowest BCUT2D eigenvalue weighted by Gasteiger charge is -2.01. The lowest BCUT2D eigenvalue weighted by Crippen LogP contribution is -1.99. The summed E-state index contributed by atoms with van der Waals surface area (Å²) in [5, 5.41) is 0.00484. The predicted octanol–water partition coefficient (Wildman–Crippen LogP) is 3.91. The standard InChI is InChI=1S/C16H14O2S2/c17-15(11-13-7-3-1-4-8-13)19-20-16(18)12-14-9-5-2-6-10-14/h1-10H,11-12H2/i19+2,20+2. The predicted molar refractivity (Wildman–Crippen MR) is 85.5 cm³/mol. The van der Waals surface area contributed by atoms with Gasteiger partial charge in [-0.05, 0) is 32.7 Å². The lowest BCUT2D eigenvalue weighted by molar-refractivity contribution is -0.111. The van der Waals surface area contributed by atoms with Gasteiger partial charge in [0.25, 0.3) is 0 Å². The van der Waals surface area contributed by atoms with E-state index >= 15 is 0 Å². The number of rotatable bonds is 4. The van der Waals surface area contributed by atoms with E-state index in [9.17, 15) is 9.59 Å². The molecule has 2 aromatic carbocycles. The second-order valence-corrected chi connectivity index (χ2v) is 6.48. The summed E-state index contributed by atoms with van der Waals surface area (Å²) < 4.78 is 0. The van der Waals surface area contributed by atoms with Gasteiger partial charge in [-0.2, -0.15) is 0 Å². The Hall–Kier alpha value is -1.52. The van der Waals surface area contributed by atoms with Crippen molar-refractivity contribution >= 4 is 31.8 Å². The summed E-state index contributed by atoms with van der Waals surface area (Å²) in [4.78, 5) is 23.5. The normalized spacial score (nSPS) is 10.2. The van der Waals surface area contributed by atoms with Crippen LogP contribution in [0.1, 0.15) is 11.1 Å². The molecule has 0 heterocycles. The van der Waals surface area contributed by atoms with Crippen molar-refractivity contribution in [2.75, 3.05) is 0 Å². The van der Waals surface area contributed by atoms with Gasteiger partial charge >= 0.3 is 0 Å². The van der Waals surface area contributed by atoms with Gasteiger partial charge in [-0.1, -0.05) is 60.7 Å². The van der Waals surface area contributed by atoms with Crippen molar-refractivity contribution in [2.45, 2.75) is 12.8 Å². The fourth-order valence-corrected chi connectivity index (χ4v) is 3.23.